The van der Waals surface area contributed by atoms with Gasteiger partial charge in [0.1, 0.15) is 5.54 Å². The summed E-state index contributed by atoms with van der Waals surface area (Å²) in [5.74, 6) is -0.495. The maximum atomic E-state index is 13.4. The molecule has 0 radical (unpaired) electrons. The number of carbonyl (C=O) groups is 2. The lowest BCUT2D eigenvalue weighted by molar-refractivity contribution is -0.120. The Kier molecular flexibility index (Phi) is 5.51. The highest BCUT2D eigenvalue weighted by atomic mass is 32.2. The molecule has 5 rings (SSSR count). The predicted octanol–water partition coefficient (Wildman–Crippen LogP) is 4.62. The molecule has 1 aliphatic heterocycles. The highest BCUT2D eigenvalue weighted by Gasteiger charge is 2.65. The Hall–Kier alpha value is -3.93. The van der Waals surface area contributed by atoms with Crippen LogP contribution in [0.15, 0.2) is 78.0 Å². The number of sulfone groups is 1. The van der Waals surface area contributed by atoms with Gasteiger partial charge < -0.3 is 10.2 Å². The largest absolute Gasteiger partial charge is 0.501 e. The normalized spacial score (nSPS) is 17.1. The molecule has 186 valence electrons. The van der Waals surface area contributed by atoms with Crippen molar-refractivity contribution in [1.82, 2.24) is 9.88 Å². The number of hydrogen-bond donors (Lipinski definition) is 1. The van der Waals surface area contributed by atoms with Gasteiger partial charge in [0, 0.05) is 11.9 Å². The number of rotatable bonds is 6. The number of anilines is 3. The number of alkyl halides is 3. The van der Waals surface area contributed by atoms with Crippen LogP contribution in [0.1, 0.15) is 18.4 Å². The Labute approximate surface area is 204 Å². The number of imide groups is 1. The van der Waals surface area contributed by atoms with Crippen molar-refractivity contribution in [2.75, 3.05) is 10.2 Å². The number of para-hydroxylation sites is 1. The number of hydrogen-bond acceptors (Lipinski definition) is 6. The van der Waals surface area contributed by atoms with Crippen LogP contribution in [-0.2, 0) is 21.2 Å². The number of urea groups is 1. The van der Waals surface area contributed by atoms with Crippen molar-refractivity contribution >= 4 is 38.8 Å². The molecule has 3 amide bonds. The summed E-state index contributed by atoms with van der Waals surface area (Å²) in [6.45, 7) is 0.0965. The van der Waals surface area contributed by atoms with Crippen LogP contribution in [0.2, 0.25) is 0 Å². The monoisotopic (exact) mass is 516 g/mol. The van der Waals surface area contributed by atoms with Crippen LogP contribution < -0.4 is 10.2 Å². The van der Waals surface area contributed by atoms with E-state index in [-0.39, 0.29) is 12.2 Å². The van der Waals surface area contributed by atoms with Crippen molar-refractivity contribution in [3.63, 3.8) is 0 Å². The van der Waals surface area contributed by atoms with Crippen molar-refractivity contribution in [2.45, 2.75) is 35.3 Å². The summed E-state index contributed by atoms with van der Waals surface area (Å²) in [5, 5.41) is 3.25. The topological polar surface area (TPSA) is 99.7 Å². The molecule has 0 atom stereocenters. The zero-order valence-corrected chi connectivity index (χ0v) is 19.4. The van der Waals surface area contributed by atoms with Crippen molar-refractivity contribution in [3.8, 4) is 0 Å². The first-order valence-electron chi connectivity index (χ1n) is 10.9. The van der Waals surface area contributed by atoms with Crippen LogP contribution in [-0.4, -0.2) is 41.3 Å². The predicted molar refractivity (Wildman–Crippen MR) is 124 cm³/mol. The van der Waals surface area contributed by atoms with E-state index in [2.05, 4.69) is 10.3 Å². The smallest absolute Gasteiger partial charge is 0.354 e. The second-order valence-electron chi connectivity index (χ2n) is 8.51. The summed E-state index contributed by atoms with van der Waals surface area (Å²) in [7, 11) is -5.55. The summed E-state index contributed by atoms with van der Waals surface area (Å²) in [4.78, 5) is 32.1. The molecule has 1 aliphatic carbocycles. The lowest BCUT2D eigenvalue weighted by Gasteiger charge is -2.23. The number of halogens is 3. The van der Waals surface area contributed by atoms with Crippen LogP contribution in [0, 0.1) is 0 Å². The van der Waals surface area contributed by atoms with Crippen LogP contribution >= 0.6 is 0 Å². The first-order chi connectivity index (χ1) is 17.0. The Balaban J connectivity index is 1.42. The number of pyridine rings is 1. The standard InChI is InChI=1S/C24H19F3N4O4S/c25-24(26,27)36(34,35)19-8-6-18(7-9-19)31-21(32)23(11-12-23)30(22(31)33)15-16-10-13-28-14-20(16)29-17-4-2-1-3-5-17/h1-10,13-14,29H,11-12,15H2. The van der Waals surface area contributed by atoms with E-state index in [1.165, 1.54) is 4.90 Å². The van der Waals surface area contributed by atoms with E-state index >= 15 is 0 Å². The molecular weight excluding hydrogens is 497 g/mol. The lowest BCUT2D eigenvalue weighted by atomic mass is 10.1. The van der Waals surface area contributed by atoms with Gasteiger partial charge in [0.25, 0.3) is 15.7 Å². The molecule has 2 heterocycles. The van der Waals surface area contributed by atoms with Gasteiger partial charge in [-0.25, -0.2) is 18.1 Å². The van der Waals surface area contributed by atoms with E-state index in [1.807, 2.05) is 30.3 Å². The minimum Gasteiger partial charge on any atom is -0.354 e. The molecule has 0 unspecified atom stereocenters. The summed E-state index contributed by atoms with van der Waals surface area (Å²) in [6.07, 6.45) is 4.08. The average Bonchev–Trinajstić information content (AvgIpc) is 3.62. The van der Waals surface area contributed by atoms with Crippen LogP contribution in [0.5, 0.6) is 0 Å². The van der Waals surface area contributed by atoms with Gasteiger partial charge in [0.2, 0.25) is 0 Å². The minimum atomic E-state index is -5.55. The summed E-state index contributed by atoms with van der Waals surface area (Å²) >= 11 is 0. The van der Waals surface area contributed by atoms with Crippen molar-refractivity contribution in [3.05, 3.63) is 78.6 Å². The Morgan fingerprint density at radius 3 is 2.25 bits per heavy atom. The number of benzene rings is 2. The lowest BCUT2D eigenvalue weighted by Crippen LogP contribution is -2.36. The number of nitrogens with zero attached hydrogens (tertiary/aromatic N) is 3. The molecule has 8 nitrogen and oxygen atoms in total. The van der Waals surface area contributed by atoms with Gasteiger partial charge in [-0.2, -0.15) is 13.2 Å². The van der Waals surface area contributed by atoms with E-state index in [0.29, 0.717) is 18.5 Å². The molecule has 2 aromatic carbocycles. The molecule has 3 aromatic rings. The molecule has 12 heteroatoms. The molecule has 2 aliphatic rings. The number of nitrogens with one attached hydrogen (secondary N) is 1. The van der Waals surface area contributed by atoms with Crippen molar-refractivity contribution in [1.29, 1.82) is 0 Å². The third-order valence-corrected chi connectivity index (χ3v) is 7.77. The molecule has 1 N–H and O–H groups in total. The number of carbonyl (C=O) groups excluding carboxylic acids is 2. The van der Waals surface area contributed by atoms with Gasteiger partial charge >= 0.3 is 11.5 Å². The van der Waals surface area contributed by atoms with Gasteiger partial charge in [-0.1, -0.05) is 18.2 Å². The van der Waals surface area contributed by atoms with E-state index < -0.39 is 37.7 Å². The molecule has 1 aromatic heterocycles. The fourth-order valence-corrected chi connectivity index (χ4v) is 4.95. The summed E-state index contributed by atoms with van der Waals surface area (Å²) < 4.78 is 61.9. The Bertz CT molecular complexity index is 1440. The highest BCUT2D eigenvalue weighted by molar-refractivity contribution is 7.92. The Morgan fingerprint density at radius 1 is 0.972 bits per heavy atom. The average molecular weight is 517 g/mol. The molecule has 1 saturated heterocycles. The highest BCUT2D eigenvalue weighted by Crippen LogP contribution is 2.50. The number of amides is 3. The van der Waals surface area contributed by atoms with E-state index in [1.54, 1.807) is 18.5 Å². The van der Waals surface area contributed by atoms with E-state index in [4.69, 9.17) is 0 Å². The van der Waals surface area contributed by atoms with Crippen LogP contribution in [0.25, 0.3) is 0 Å². The van der Waals surface area contributed by atoms with Crippen molar-refractivity contribution in [2.24, 2.45) is 0 Å². The third-order valence-electron chi connectivity index (χ3n) is 6.27. The molecule has 1 saturated carbocycles. The van der Waals surface area contributed by atoms with Gasteiger partial charge in [0.15, 0.2) is 0 Å². The quantitative estimate of drug-likeness (QED) is 0.480. The van der Waals surface area contributed by atoms with Crippen LogP contribution in [0.4, 0.5) is 35.0 Å². The fourth-order valence-electron chi connectivity index (χ4n) is 4.19. The van der Waals surface area contributed by atoms with Crippen molar-refractivity contribution < 1.29 is 31.2 Å². The van der Waals surface area contributed by atoms with Gasteiger partial charge in [-0.05, 0) is 60.9 Å². The summed E-state index contributed by atoms with van der Waals surface area (Å²) in [5.41, 5.74) is -4.32. The first-order valence-corrected chi connectivity index (χ1v) is 12.4. The SMILES string of the molecule is O=C1N(c2ccc(S(=O)(=O)C(F)(F)F)cc2)C(=O)C2(CC2)N1Cc1ccncc1Nc1ccccc1. The zero-order chi connectivity index (χ0) is 25.7. The summed E-state index contributed by atoms with van der Waals surface area (Å²) in [6, 6.07) is 14.0. The fraction of sp³-hybridized carbons (Fsp3) is 0.208. The van der Waals surface area contributed by atoms with E-state index in [9.17, 15) is 31.2 Å². The van der Waals surface area contributed by atoms with Crippen LogP contribution in [0.3, 0.4) is 0 Å². The van der Waals surface area contributed by atoms with E-state index in [0.717, 1.165) is 40.4 Å². The third kappa shape index (κ3) is 3.87. The molecule has 2 fully saturated rings. The zero-order valence-electron chi connectivity index (χ0n) is 18.6. The maximum absolute atomic E-state index is 13.4. The second kappa shape index (κ2) is 8.33. The van der Waals surface area contributed by atoms with Gasteiger partial charge in [0.05, 0.1) is 29.0 Å². The maximum Gasteiger partial charge on any atom is 0.501 e. The number of aromatic nitrogens is 1. The molecule has 0 bridgehead atoms. The molecule has 1 spiro atoms. The van der Waals surface area contributed by atoms with Gasteiger partial charge in [-0.3, -0.25) is 9.78 Å². The first kappa shape index (κ1) is 23.8. The molecule has 36 heavy (non-hydrogen) atoms. The Morgan fingerprint density at radius 2 is 1.64 bits per heavy atom. The van der Waals surface area contributed by atoms with Gasteiger partial charge in [-0.15, -0.1) is 0 Å². The molecular formula is C24H19F3N4O4S. The second-order valence-corrected chi connectivity index (χ2v) is 10.4. The minimum absolute atomic E-state index is 0.00254.